The van der Waals surface area contributed by atoms with E-state index >= 15 is 0 Å². The minimum absolute atomic E-state index is 0.0674. The summed E-state index contributed by atoms with van der Waals surface area (Å²) < 4.78 is 67.1. The molecule has 0 unspecified atom stereocenters. The molecule has 0 spiro atoms. The standard InChI is InChI=1S/C20H12F5NO.2ClH.Ti/c1-10-7-12(20(27)13(8-10)11-5-3-2-4-6-11)9-26-19-17(24)15(22)14(21)16(23)18(19)25;;;/h2-9,27H,1H3;2*1H;/q;;;+2/p-2. The SMILES string of the molecule is Cc1cc(C=Nc2c(F)c(F)c(F)c(F)c2F)c(O)c(-c2ccccc2)c1.[Cl][Ti][Cl]. The van der Waals surface area contributed by atoms with Crippen LogP contribution >= 0.6 is 18.6 Å². The molecule has 0 aliphatic rings. The Kier molecular flexibility index (Phi) is 8.85. The summed E-state index contributed by atoms with van der Waals surface area (Å²) in [4.78, 5) is 3.39. The zero-order valence-corrected chi connectivity index (χ0v) is 18.2. The molecule has 1 N–H and O–H groups in total. The first-order chi connectivity index (χ1) is 14.2. The Labute approximate surface area is 185 Å². The van der Waals surface area contributed by atoms with E-state index in [2.05, 4.69) is 4.99 Å². The van der Waals surface area contributed by atoms with Gasteiger partial charge in [0.1, 0.15) is 11.4 Å². The maximum atomic E-state index is 13.7. The molecule has 0 saturated carbocycles. The first kappa shape index (κ1) is 24.3. The molecule has 0 heterocycles. The van der Waals surface area contributed by atoms with E-state index in [4.69, 9.17) is 18.6 Å². The molecule has 0 amide bonds. The van der Waals surface area contributed by atoms with Gasteiger partial charge in [0, 0.05) is 17.3 Å². The summed E-state index contributed by atoms with van der Waals surface area (Å²) in [5.41, 5.74) is 0.566. The zero-order valence-electron chi connectivity index (χ0n) is 15.2. The van der Waals surface area contributed by atoms with Crippen LogP contribution in [-0.2, 0) is 17.0 Å². The van der Waals surface area contributed by atoms with Gasteiger partial charge in [0.2, 0.25) is 5.82 Å². The van der Waals surface area contributed by atoms with Gasteiger partial charge >= 0.3 is 35.6 Å². The van der Waals surface area contributed by atoms with Crippen LogP contribution in [0.4, 0.5) is 27.6 Å². The van der Waals surface area contributed by atoms with Crippen molar-refractivity contribution in [2.24, 2.45) is 4.99 Å². The van der Waals surface area contributed by atoms with Gasteiger partial charge in [-0.2, -0.15) is 0 Å². The monoisotopic (exact) mass is 495 g/mol. The number of benzene rings is 3. The fourth-order valence-electron chi connectivity index (χ4n) is 2.58. The van der Waals surface area contributed by atoms with E-state index in [9.17, 15) is 27.1 Å². The normalized spacial score (nSPS) is 10.7. The van der Waals surface area contributed by atoms with Crippen LogP contribution in [0.2, 0.25) is 0 Å². The number of aromatic hydroxyl groups is 1. The molecule has 10 heteroatoms. The van der Waals surface area contributed by atoms with Crippen molar-refractivity contribution >= 4 is 30.5 Å². The molecule has 3 aromatic rings. The molecule has 2 nitrogen and oxygen atoms in total. The molecule has 0 fully saturated rings. The number of hydrogen-bond acceptors (Lipinski definition) is 2. The van der Waals surface area contributed by atoms with Gasteiger partial charge in [-0.1, -0.05) is 30.3 Å². The van der Waals surface area contributed by atoms with Crippen LogP contribution in [0, 0.1) is 36.0 Å². The molecule has 3 rings (SSSR count). The third kappa shape index (κ3) is 5.40. The van der Waals surface area contributed by atoms with Crippen molar-refractivity contribution in [1.29, 1.82) is 0 Å². The van der Waals surface area contributed by atoms with Crippen molar-refractivity contribution in [3.05, 3.63) is 82.7 Å². The van der Waals surface area contributed by atoms with E-state index in [1.807, 2.05) is 0 Å². The molecule has 0 saturated heterocycles. The molecule has 156 valence electrons. The molecule has 30 heavy (non-hydrogen) atoms. The average molecular weight is 496 g/mol. The van der Waals surface area contributed by atoms with Crippen LogP contribution in [0.3, 0.4) is 0 Å². The average Bonchev–Trinajstić information content (AvgIpc) is 2.74. The zero-order chi connectivity index (χ0) is 22.4. The van der Waals surface area contributed by atoms with E-state index in [-0.39, 0.29) is 11.3 Å². The van der Waals surface area contributed by atoms with Gasteiger partial charge in [-0.15, -0.1) is 0 Å². The van der Waals surface area contributed by atoms with Crippen molar-refractivity contribution < 1.29 is 44.1 Å². The number of aryl methyl sites for hydroxylation is 1. The Hall–Kier alpha value is -1.93. The van der Waals surface area contributed by atoms with E-state index in [0.29, 0.717) is 16.7 Å². The van der Waals surface area contributed by atoms with Crippen LogP contribution in [0.15, 0.2) is 47.5 Å². The molecular formula is C20H12Cl2F5NOTi. The molecule has 0 aliphatic carbocycles. The molecule has 0 aliphatic heterocycles. The van der Waals surface area contributed by atoms with Crippen LogP contribution in [0.25, 0.3) is 11.1 Å². The summed E-state index contributed by atoms with van der Waals surface area (Å²) in [6.07, 6.45) is 0.854. The summed E-state index contributed by atoms with van der Waals surface area (Å²) in [6.45, 7) is 1.72. The number of phenolic OH excluding ortho intramolecular Hbond substituents is 1. The number of hydrogen-bond donors (Lipinski definition) is 1. The van der Waals surface area contributed by atoms with Gasteiger partial charge in [0.05, 0.1) is 0 Å². The number of aliphatic imine (C=N–C) groups is 1. The number of rotatable bonds is 3. The fraction of sp³-hybridized carbons (Fsp3) is 0.0500. The summed E-state index contributed by atoms with van der Waals surface area (Å²) >= 11 is -0.556. The van der Waals surface area contributed by atoms with Crippen molar-refractivity contribution in [1.82, 2.24) is 0 Å². The van der Waals surface area contributed by atoms with E-state index in [1.165, 1.54) is 6.07 Å². The molecule has 0 atom stereocenters. The van der Waals surface area contributed by atoms with Crippen LogP contribution in [-0.4, -0.2) is 11.3 Å². The first-order valence-corrected chi connectivity index (χ1v) is 12.4. The van der Waals surface area contributed by atoms with Crippen LogP contribution in [0.1, 0.15) is 11.1 Å². The van der Waals surface area contributed by atoms with Crippen LogP contribution < -0.4 is 0 Å². The Balaban J connectivity index is 0.00000101. The van der Waals surface area contributed by atoms with Gasteiger partial charge in [-0.25, -0.2) is 26.9 Å². The Morgan fingerprint density at radius 2 is 1.37 bits per heavy atom. The Morgan fingerprint density at radius 1 is 0.867 bits per heavy atom. The van der Waals surface area contributed by atoms with E-state index < -0.39 is 51.8 Å². The number of nitrogens with zero attached hydrogens (tertiary/aromatic N) is 1. The van der Waals surface area contributed by atoms with Crippen LogP contribution in [0.5, 0.6) is 5.75 Å². The molecular weight excluding hydrogens is 484 g/mol. The summed E-state index contributed by atoms with van der Waals surface area (Å²) in [5, 5.41) is 10.4. The van der Waals surface area contributed by atoms with Gasteiger partial charge in [0.15, 0.2) is 23.3 Å². The van der Waals surface area contributed by atoms with E-state index in [0.717, 1.165) is 6.21 Å². The first-order valence-electron chi connectivity index (χ1n) is 8.13. The van der Waals surface area contributed by atoms with E-state index in [1.54, 1.807) is 43.3 Å². The topological polar surface area (TPSA) is 32.6 Å². The molecule has 0 aromatic heterocycles. The van der Waals surface area contributed by atoms with Gasteiger partial charge in [-0.05, 0) is 30.2 Å². The quantitative estimate of drug-likeness (QED) is 0.135. The van der Waals surface area contributed by atoms with Crippen molar-refractivity contribution in [3.8, 4) is 16.9 Å². The molecule has 0 bridgehead atoms. The third-order valence-electron chi connectivity index (χ3n) is 3.89. The Morgan fingerprint density at radius 3 is 1.90 bits per heavy atom. The van der Waals surface area contributed by atoms with Crippen molar-refractivity contribution in [2.45, 2.75) is 6.92 Å². The second-order valence-electron chi connectivity index (χ2n) is 5.86. The number of halogens is 7. The van der Waals surface area contributed by atoms with Gasteiger partial charge < -0.3 is 5.11 Å². The second kappa shape index (κ2) is 10.9. The third-order valence-corrected chi connectivity index (χ3v) is 3.89. The van der Waals surface area contributed by atoms with Gasteiger partial charge in [-0.3, -0.25) is 0 Å². The summed E-state index contributed by atoms with van der Waals surface area (Å²) in [5.74, 6) is -10.7. The number of phenols is 1. The second-order valence-corrected chi connectivity index (χ2v) is 8.44. The molecule has 3 aromatic carbocycles. The maximum absolute atomic E-state index is 13.7. The predicted octanol–water partition coefficient (Wildman–Crippen LogP) is 7.19. The fourth-order valence-corrected chi connectivity index (χ4v) is 2.58. The summed E-state index contributed by atoms with van der Waals surface area (Å²) in [7, 11) is 9.78. The van der Waals surface area contributed by atoms with Gasteiger partial charge in [0.25, 0.3) is 0 Å². The Bertz CT molecular complexity index is 1050. The van der Waals surface area contributed by atoms with Crippen molar-refractivity contribution in [3.63, 3.8) is 0 Å². The predicted molar refractivity (Wildman–Crippen MR) is 103 cm³/mol. The summed E-state index contributed by atoms with van der Waals surface area (Å²) in [6, 6.07) is 12.0. The minimum atomic E-state index is -2.26. The molecule has 0 radical (unpaired) electrons. The van der Waals surface area contributed by atoms with Crippen molar-refractivity contribution in [2.75, 3.05) is 0 Å².